The van der Waals surface area contributed by atoms with Crippen molar-refractivity contribution in [2.24, 2.45) is 0 Å². The number of aromatic amines is 1. The summed E-state index contributed by atoms with van der Waals surface area (Å²) in [4.78, 5) is 27.6. The van der Waals surface area contributed by atoms with Gasteiger partial charge in [-0.2, -0.15) is 9.97 Å². The number of hydrogen-bond donors (Lipinski definition) is 3. The molecular formula is C15H19N7O. The topological polar surface area (TPSA) is 115 Å². The normalized spacial score (nSPS) is 11.0. The number of fused-ring (bicyclic) bond motifs is 1. The number of unbranched alkanes of at least 4 members (excludes halogenated alkanes) is 1. The average Bonchev–Trinajstić information content (AvgIpc) is 2.86. The Morgan fingerprint density at radius 2 is 2.26 bits per heavy atom. The molecule has 0 aromatic carbocycles. The fourth-order valence-corrected chi connectivity index (χ4v) is 2.33. The Morgan fingerprint density at radius 1 is 1.39 bits per heavy atom. The van der Waals surface area contributed by atoms with Gasteiger partial charge in [0.15, 0.2) is 11.5 Å². The Bertz CT molecular complexity index is 853. The van der Waals surface area contributed by atoms with Crippen LogP contribution in [-0.4, -0.2) is 31.0 Å². The van der Waals surface area contributed by atoms with Crippen LogP contribution in [0.5, 0.6) is 0 Å². The Hall–Kier alpha value is -2.90. The van der Waals surface area contributed by atoms with E-state index in [9.17, 15) is 4.79 Å². The summed E-state index contributed by atoms with van der Waals surface area (Å²) in [6, 6.07) is 3.74. The van der Waals surface area contributed by atoms with E-state index in [-0.39, 0.29) is 11.5 Å². The van der Waals surface area contributed by atoms with Crippen LogP contribution in [0.4, 0.5) is 11.8 Å². The molecule has 4 N–H and O–H groups in total. The predicted molar refractivity (Wildman–Crippen MR) is 89.3 cm³/mol. The minimum atomic E-state index is -0.268. The highest BCUT2D eigenvalue weighted by Gasteiger charge is 2.14. The van der Waals surface area contributed by atoms with Gasteiger partial charge in [0.05, 0.1) is 6.54 Å². The lowest BCUT2D eigenvalue weighted by Crippen LogP contribution is -2.18. The molecule has 0 saturated heterocycles. The minimum Gasteiger partial charge on any atom is -0.382 e. The van der Waals surface area contributed by atoms with Crippen molar-refractivity contribution in [3.8, 4) is 0 Å². The van der Waals surface area contributed by atoms with Crippen LogP contribution >= 0.6 is 0 Å². The fourth-order valence-electron chi connectivity index (χ4n) is 2.33. The van der Waals surface area contributed by atoms with Crippen molar-refractivity contribution in [1.29, 1.82) is 0 Å². The van der Waals surface area contributed by atoms with E-state index in [1.165, 1.54) is 4.57 Å². The monoisotopic (exact) mass is 313 g/mol. The number of nitrogens with zero attached hydrogens (tertiary/aromatic N) is 4. The van der Waals surface area contributed by atoms with Gasteiger partial charge in [-0.1, -0.05) is 19.4 Å². The Kier molecular flexibility index (Phi) is 4.22. The van der Waals surface area contributed by atoms with Crippen LogP contribution in [0.25, 0.3) is 11.2 Å². The molecule has 0 radical (unpaired) electrons. The first-order chi connectivity index (χ1) is 11.2. The van der Waals surface area contributed by atoms with Gasteiger partial charge in [-0.25, -0.2) is 4.79 Å². The summed E-state index contributed by atoms with van der Waals surface area (Å²) in [5.41, 5.74) is 7.54. The molecule has 0 spiro atoms. The molecular weight excluding hydrogens is 294 g/mol. The molecule has 3 heterocycles. The maximum absolute atomic E-state index is 12.2. The summed E-state index contributed by atoms with van der Waals surface area (Å²) in [6.07, 6.45) is 5.49. The van der Waals surface area contributed by atoms with Crippen LogP contribution in [0, 0.1) is 0 Å². The number of rotatable bonds is 6. The van der Waals surface area contributed by atoms with Gasteiger partial charge in [-0.3, -0.25) is 9.55 Å². The standard InChI is InChI=1S/C15H19N7O/c1-2-3-7-18-14-20-12(16)11-13(21-14)22(15(23)19-11)9-10-5-4-6-17-8-10/h4-6,8H,2-3,7,9H2,1H3,(H,19,23)(H3,16,18,20,21). The number of pyridine rings is 1. The number of aromatic nitrogens is 5. The van der Waals surface area contributed by atoms with Crippen molar-refractivity contribution in [3.63, 3.8) is 0 Å². The van der Waals surface area contributed by atoms with Gasteiger partial charge in [0.2, 0.25) is 5.95 Å². The van der Waals surface area contributed by atoms with Crippen molar-refractivity contribution in [2.75, 3.05) is 17.6 Å². The van der Waals surface area contributed by atoms with Crippen LogP contribution < -0.4 is 16.7 Å². The van der Waals surface area contributed by atoms with Gasteiger partial charge in [0, 0.05) is 18.9 Å². The summed E-state index contributed by atoms with van der Waals surface area (Å²) in [5, 5.41) is 3.14. The molecule has 8 heteroatoms. The molecule has 0 bridgehead atoms. The first-order valence-electron chi connectivity index (χ1n) is 7.58. The molecule has 0 amide bonds. The molecule has 3 aromatic heterocycles. The molecule has 0 saturated carbocycles. The number of anilines is 2. The highest BCUT2D eigenvalue weighted by atomic mass is 16.1. The summed E-state index contributed by atoms with van der Waals surface area (Å²) >= 11 is 0. The molecule has 0 fully saturated rings. The third kappa shape index (κ3) is 3.15. The van der Waals surface area contributed by atoms with Gasteiger partial charge >= 0.3 is 5.69 Å². The molecule has 0 aliphatic carbocycles. The van der Waals surface area contributed by atoms with Crippen LogP contribution in [-0.2, 0) is 6.54 Å². The van der Waals surface area contributed by atoms with Crippen LogP contribution in [0.2, 0.25) is 0 Å². The quantitative estimate of drug-likeness (QED) is 0.592. The average molecular weight is 313 g/mol. The van der Waals surface area contributed by atoms with E-state index < -0.39 is 0 Å². The third-order valence-electron chi connectivity index (χ3n) is 3.53. The molecule has 0 aliphatic rings. The summed E-state index contributed by atoms with van der Waals surface area (Å²) < 4.78 is 1.54. The maximum atomic E-state index is 12.2. The largest absolute Gasteiger partial charge is 0.382 e. The van der Waals surface area contributed by atoms with Crippen molar-refractivity contribution in [2.45, 2.75) is 26.3 Å². The number of nitrogens with two attached hydrogens (primary N) is 1. The lowest BCUT2D eigenvalue weighted by atomic mass is 10.3. The summed E-state index contributed by atoms with van der Waals surface area (Å²) in [5.74, 6) is 0.693. The number of hydrogen-bond acceptors (Lipinski definition) is 6. The van der Waals surface area contributed by atoms with Crippen LogP contribution in [0.3, 0.4) is 0 Å². The maximum Gasteiger partial charge on any atom is 0.328 e. The van der Waals surface area contributed by atoms with E-state index in [1.54, 1.807) is 12.4 Å². The number of imidazole rings is 1. The van der Waals surface area contributed by atoms with Crippen LogP contribution in [0.15, 0.2) is 29.3 Å². The molecule has 8 nitrogen and oxygen atoms in total. The van der Waals surface area contributed by atoms with Gasteiger partial charge < -0.3 is 16.0 Å². The lowest BCUT2D eigenvalue weighted by molar-refractivity contribution is 0.773. The zero-order valence-electron chi connectivity index (χ0n) is 12.9. The van der Waals surface area contributed by atoms with E-state index in [2.05, 4.69) is 32.2 Å². The SMILES string of the molecule is CCCCNc1nc(N)c2[nH]c(=O)n(Cc3cccnc3)c2n1. The Labute approximate surface area is 132 Å². The highest BCUT2D eigenvalue weighted by Crippen LogP contribution is 2.17. The predicted octanol–water partition coefficient (Wildman–Crippen LogP) is 1.36. The van der Waals surface area contributed by atoms with E-state index in [0.717, 1.165) is 24.9 Å². The number of H-pyrrole nitrogens is 1. The zero-order chi connectivity index (χ0) is 16.2. The zero-order valence-corrected chi connectivity index (χ0v) is 12.9. The molecule has 3 aromatic rings. The number of nitrogen functional groups attached to an aromatic ring is 1. The van der Waals surface area contributed by atoms with Gasteiger partial charge in [-0.15, -0.1) is 0 Å². The van der Waals surface area contributed by atoms with Crippen molar-refractivity contribution in [1.82, 2.24) is 24.5 Å². The van der Waals surface area contributed by atoms with E-state index >= 15 is 0 Å². The van der Waals surface area contributed by atoms with Gasteiger partial charge in [0.1, 0.15) is 5.52 Å². The van der Waals surface area contributed by atoms with E-state index in [1.807, 2.05) is 12.1 Å². The first kappa shape index (κ1) is 15.0. The second-order valence-corrected chi connectivity index (χ2v) is 5.29. The molecule has 0 unspecified atom stereocenters. The molecule has 23 heavy (non-hydrogen) atoms. The minimum absolute atomic E-state index is 0.260. The van der Waals surface area contributed by atoms with Crippen molar-refractivity contribution in [3.05, 3.63) is 40.6 Å². The third-order valence-corrected chi connectivity index (χ3v) is 3.53. The summed E-state index contributed by atoms with van der Waals surface area (Å²) in [7, 11) is 0. The highest BCUT2D eigenvalue weighted by molar-refractivity contribution is 5.82. The fraction of sp³-hybridized carbons (Fsp3) is 0.333. The molecule has 0 atom stereocenters. The van der Waals surface area contributed by atoms with E-state index in [4.69, 9.17) is 5.73 Å². The Morgan fingerprint density at radius 3 is 3.00 bits per heavy atom. The van der Waals surface area contributed by atoms with Crippen LogP contribution in [0.1, 0.15) is 25.3 Å². The molecule has 3 rings (SSSR count). The summed E-state index contributed by atoms with van der Waals surface area (Å²) in [6.45, 7) is 3.24. The van der Waals surface area contributed by atoms with Gasteiger partial charge in [0.25, 0.3) is 0 Å². The first-order valence-corrected chi connectivity index (χ1v) is 7.58. The van der Waals surface area contributed by atoms with Crippen molar-refractivity contribution >= 4 is 22.9 Å². The van der Waals surface area contributed by atoms with Crippen molar-refractivity contribution < 1.29 is 0 Å². The van der Waals surface area contributed by atoms with Gasteiger partial charge in [-0.05, 0) is 18.1 Å². The van der Waals surface area contributed by atoms with E-state index in [0.29, 0.717) is 23.7 Å². The second kappa shape index (κ2) is 6.47. The molecule has 0 aliphatic heterocycles. The Balaban J connectivity index is 2.00. The number of nitrogens with one attached hydrogen (secondary N) is 2. The smallest absolute Gasteiger partial charge is 0.328 e. The second-order valence-electron chi connectivity index (χ2n) is 5.29. The molecule has 120 valence electrons. The lowest BCUT2D eigenvalue weighted by Gasteiger charge is -2.07.